The van der Waals surface area contributed by atoms with Gasteiger partial charge in [-0.2, -0.15) is 5.10 Å². The Hall–Kier alpha value is -2.21. The molecule has 1 saturated carbocycles. The summed E-state index contributed by atoms with van der Waals surface area (Å²) < 4.78 is 0. The molecule has 0 saturated heterocycles. The summed E-state index contributed by atoms with van der Waals surface area (Å²) in [5.74, 6) is -0.00134. The van der Waals surface area contributed by atoms with Crippen molar-refractivity contribution in [3.8, 4) is 0 Å². The summed E-state index contributed by atoms with van der Waals surface area (Å²) in [5.41, 5.74) is 2.18. The molecule has 1 amide bonds. The van der Waals surface area contributed by atoms with Crippen LogP contribution in [0.15, 0.2) is 30.5 Å². The van der Waals surface area contributed by atoms with Gasteiger partial charge in [-0.15, -0.1) is 0 Å². The van der Waals surface area contributed by atoms with Crippen molar-refractivity contribution in [3.63, 3.8) is 0 Å². The van der Waals surface area contributed by atoms with Crippen molar-refractivity contribution in [2.24, 2.45) is 5.92 Å². The highest BCUT2D eigenvalue weighted by molar-refractivity contribution is 5.92. The highest BCUT2D eigenvalue weighted by Gasteiger charge is 2.36. The number of carbonyl (C=O) groups excluding carboxylic acids is 1. The second-order valence-electron chi connectivity index (χ2n) is 6.12. The molecule has 1 atom stereocenters. The van der Waals surface area contributed by atoms with Crippen LogP contribution in [-0.2, 0) is 6.42 Å². The van der Waals surface area contributed by atoms with Gasteiger partial charge in [-0.3, -0.25) is 14.9 Å². The van der Waals surface area contributed by atoms with E-state index in [0.29, 0.717) is 18.5 Å². The fraction of sp³-hybridized carbons (Fsp3) is 0.471. The van der Waals surface area contributed by atoms with Crippen LogP contribution in [0.2, 0.25) is 0 Å². The Morgan fingerprint density at radius 3 is 2.96 bits per heavy atom. The first-order valence-electron chi connectivity index (χ1n) is 8.11. The number of aryl methyl sites for hydroxylation is 1. The molecule has 0 bridgehead atoms. The van der Waals surface area contributed by atoms with Crippen LogP contribution in [0.25, 0.3) is 0 Å². The number of aliphatic hydroxyl groups is 1. The Kier molecular flexibility index (Phi) is 4.71. The Balaban J connectivity index is 1.73. The van der Waals surface area contributed by atoms with Gasteiger partial charge in [0.15, 0.2) is 0 Å². The standard InChI is InChI=1S/C17H22N4O2/c1-2-5-12-10-15(21-20-12)17(23)19-16(11-8-13(22)9-11)14-6-3-4-7-18-14/h3-4,6-7,10-11,13,16,22H,2,5,8-9H2,1H3,(H,19,23)(H,20,21)/t11?,13?,16-/m0/s1. The van der Waals surface area contributed by atoms with Gasteiger partial charge in [0.2, 0.25) is 0 Å². The van der Waals surface area contributed by atoms with E-state index in [1.165, 1.54) is 0 Å². The lowest BCUT2D eigenvalue weighted by molar-refractivity contribution is 0.0227. The molecule has 1 aliphatic carbocycles. The van der Waals surface area contributed by atoms with Crippen LogP contribution in [0.1, 0.15) is 54.1 Å². The molecule has 23 heavy (non-hydrogen) atoms. The second kappa shape index (κ2) is 6.91. The number of hydrogen-bond donors (Lipinski definition) is 3. The van der Waals surface area contributed by atoms with Crippen molar-refractivity contribution in [1.82, 2.24) is 20.5 Å². The van der Waals surface area contributed by atoms with Crippen LogP contribution >= 0.6 is 0 Å². The number of rotatable bonds is 6. The van der Waals surface area contributed by atoms with Gasteiger partial charge in [0.05, 0.1) is 17.8 Å². The summed E-state index contributed by atoms with van der Waals surface area (Å²) in [4.78, 5) is 16.9. The van der Waals surface area contributed by atoms with E-state index in [1.54, 1.807) is 12.3 Å². The van der Waals surface area contributed by atoms with Crippen LogP contribution in [0.4, 0.5) is 0 Å². The zero-order chi connectivity index (χ0) is 16.2. The minimum absolute atomic E-state index is 0.196. The molecular formula is C17H22N4O2. The minimum Gasteiger partial charge on any atom is -0.393 e. The normalized spacial score (nSPS) is 21.5. The number of nitrogens with one attached hydrogen (secondary N) is 2. The number of aliphatic hydroxyl groups excluding tert-OH is 1. The van der Waals surface area contributed by atoms with Crippen LogP contribution < -0.4 is 5.32 Å². The van der Waals surface area contributed by atoms with Crippen molar-refractivity contribution in [3.05, 3.63) is 47.5 Å². The Bertz CT molecular complexity index is 650. The van der Waals surface area contributed by atoms with Crippen LogP contribution in [0.5, 0.6) is 0 Å². The summed E-state index contributed by atoms with van der Waals surface area (Å²) in [6, 6.07) is 7.26. The summed E-state index contributed by atoms with van der Waals surface area (Å²) in [6.45, 7) is 2.08. The quantitative estimate of drug-likeness (QED) is 0.760. The predicted molar refractivity (Wildman–Crippen MR) is 85.8 cm³/mol. The maximum Gasteiger partial charge on any atom is 0.272 e. The summed E-state index contributed by atoms with van der Waals surface area (Å²) in [6.07, 6.45) is 4.69. The molecule has 3 rings (SSSR count). The lowest BCUT2D eigenvalue weighted by Gasteiger charge is -2.37. The van der Waals surface area contributed by atoms with E-state index >= 15 is 0 Å². The van der Waals surface area contributed by atoms with Gasteiger partial charge in [-0.1, -0.05) is 19.4 Å². The van der Waals surface area contributed by atoms with Gasteiger partial charge in [0.25, 0.3) is 5.91 Å². The number of pyridine rings is 1. The molecule has 0 spiro atoms. The molecule has 3 N–H and O–H groups in total. The van der Waals surface area contributed by atoms with E-state index in [2.05, 4.69) is 27.4 Å². The van der Waals surface area contributed by atoms with Gasteiger partial charge >= 0.3 is 0 Å². The van der Waals surface area contributed by atoms with Crippen LogP contribution in [0, 0.1) is 5.92 Å². The monoisotopic (exact) mass is 314 g/mol. The molecule has 6 nitrogen and oxygen atoms in total. The summed E-state index contributed by atoms with van der Waals surface area (Å²) in [5, 5.41) is 19.6. The zero-order valence-electron chi connectivity index (χ0n) is 13.2. The Morgan fingerprint density at radius 1 is 1.48 bits per heavy atom. The highest BCUT2D eigenvalue weighted by Crippen LogP contribution is 2.37. The lowest BCUT2D eigenvalue weighted by atomic mass is 9.76. The fourth-order valence-electron chi connectivity index (χ4n) is 2.99. The minimum atomic E-state index is -0.273. The van der Waals surface area contributed by atoms with Crippen molar-refractivity contribution in [1.29, 1.82) is 0 Å². The molecule has 6 heteroatoms. The topological polar surface area (TPSA) is 90.9 Å². The smallest absolute Gasteiger partial charge is 0.272 e. The van der Waals surface area contributed by atoms with Crippen LogP contribution in [-0.4, -0.2) is 32.3 Å². The third-order valence-corrected chi connectivity index (χ3v) is 4.30. The van der Waals surface area contributed by atoms with Crippen molar-refractivity contribution < 1.29 is 9.90 Å². The number of hydrogen-bond acceptors (Lipinski definition) is 4. The summed E-state index contributed by atoms with van der Waals surface area (Å²) >= 11 is 0. The highest BCUT2D eigenvalue weighted by atomic mass is 16.3. The number of H-pyrrole nitrogens is 1. The molecule has 0 radical (unpaired) electrons. The molecule has 2 aromatic heterocycles. The lowest BCUT2D eigenvalue weighted by Crippen LogP contribution is -2.41. The number of aromatic nitrogens is 3. The van der Waals surface area contributed by atoms with Crippen LogP contribution in [0.3, 0.4) is 0 Å². The first-order valence-corrected chi connectivity index (χ1v) is 8.11. The number of carbonyl (C=O) groups is 1. The first kappa shape index (κ1) is 15.7. The zero-order valence-corrected chi connectivity index (χ0v) is 13.2. The predicted octanol–water partition coefficient (Wildman–Crippen LogP) is 2.00. The number of amides is 1. The van der Waals surface area contributed by atoms with Crippen molar-refractivity contribution in [2.45, 2.75) is 44.8 Å². The van der Waals surface area contributed by atoms with E-state index in [9.17, 15) is 9.90 Å². The van der Waals surface area contributed by atoms with Gasteiger partial charge in [-0.05, 0) is 43.4 Å². The number of nitrogens with zero attached hydrogens (tertiary/aromatic N) is 2. The fourth-order valence-corrected chi connectivity index (χ4v) is 2.99. The van der Waals surface area contributed by atoms with Gasteiger partial charge < -0.3 is 10.4 Å². The molecule has 2 heterocycles. The van der Waals surface area contributed by atoms with E-state index in [4.69, 9.17) is 0 Å². The SMILES string of the molecule is CCCc1cc(C(=O)N[C@H](c2ccccn2)C2CC(O)C2)n[nH]1. The Morgan fingerprint density at radius 2 is 2.30 bits per heavy atom. The third kappa shape index (κ3) is 3.59. The Labute approximate surface area is 135 Å². The maximum atomic E-state index is 12.5. The van der Waals surface area contributed by atoms with E-state index in [-0.39, 0.29) is 24.0 Å². The maximum absolute atomic E-state index is 12.5. The first-order chi connectivity index (χ1) is 11.2. The molecule has 0 aromatic carbocycles. The average molecular weight is 314 g/mol. The van der Waals surface area contributed by atoms with Crippen molar-refractivity contribution in [2.75, 3.05) is 0 Å². The second-order valence-corrected chi connectivity index (χ2v) is 6.12. The van der Waals surface area contributed by atoms with E-state index in [1.807, 2.05) is 18.2 Å². The molecule has 1 aliphatic rings. The molecule has 2 aromatic rings. The van der Waals surface area contributed by atoms with Gasteiger partial charge in [0.1, 0.15) is 5.69 Å². The largest absolute Gasteiger partial charge is 0.393 e. The molecule has 0 unspecified atom stereocenters. The van der Waals surface area contributed by atoms with Crippen molar-refractivity contribution >= 4 is 5.91 Å². The number of aromatic amines is 1. The molecule has 122 valence electrons. The molecule has 0 aliphatic heterocycles. The van der Waals surface area contributed by atoms with Gasteiger partial charge in [-0.25, -0.2) is 0 Å². The van der Waals surface area contributed by atoms with E-state index < -0.39 is 0 Å². The molecule has 1 fully saturated rings. The summed E-state index contributed by atoms with van der Waals surface area (Å²) in [7, 11) is 0. The third-order valence-electron chi connectivity index (χ3n) is 4.30. The average Bonchev–Trinajstić information content (AvgIpc) is 3.00. The van der Waals surface area contributed by atoms with Gasteiger partial charge in [0, 0.05) is 11.9 Å². The molecular weight excluding hydrogens is 292 g/mol. The van der Waals surface area contributed by atoms with E-state index in [0.717, 1.165) is 24.2 Å².